The molecule has 0 fully saturated rings. The molecule has 0 N–H and O–H groups in total. The average molecular weight is 271 g/mol. The Morgan fingerprint density at radius 3 is 2.50 bits per heavy atom. The van der Waals surface area contributed by atoms with Gasteiger partial charge in [-0.3, -0.25) is 4.79 Å². The molecule has 0 bridgehead atoms. The Morgan fingerprint density at radius 2 is 2.00 bits per heavy atom. The Hall–Kier alpha value is -1.22. The first-order chi connectivity index (χ1) is 8.45. The Bertz CT molecular complexity index is 416. The smallest absolute Gasteiger partial charge is 0.313 e. The van der Waals surface area contributed by atoms with Crippen LogP contribution in [-0.2, 0) is 9.53 Å². The number of carbonyl (C=O) groups is 1. The largest absolute Gasteiger partial charge is 0.489 e. The third-order valence-electron chi connectivity index (χ3n) is 2.46. The van der Waals surface area contributed by atoms with Gasteiger partial charge < -0.3 is 9.47 Å². The third-order valence-corrected chi connectivity index (χ3v) is 2.75. The molecule has 100 valence electrons. The molecule has 1 aromatic carbocycles. The maximum absolute atomic E-state index is 11.6. The zero-order valence-corrected chi connectivity index (χ0v) is 12.0. The second-order valence-corrected chi connectivity index (χ2v) is 4.74. The van der Waals surface area contributed by atoms with Crippen molar-refractivity contribution in [2.24, 2.45) is 0 Å². The van der Waals surface area contributed by atoms with E-state index >= 15 is 0 Å². The van der Waals surface area contributed by atoms with Crippen molar-refractivity contribution in [1.29, 1.82) is 0 Å². The Balaban J connectivity index is 2.86. The highest BCUT2D eigenvalue weighted by Gasteiger charge is 2.17. The average Bonchev–Trinajstić information content (AvgIpc) is 2.30. The molecule has 0 saturated heterocycles. The predicted molar refractivity (Wildman–Crippen MR) is 72.3 cm³/mol. The first-order valence-electron chi connectivity index (χ1n) is 6.08. The number of carbonyl (C=O) groups excluding carboxylic acids is 1. The molecule has 4 heteroatoms. The molecule has 0 radical (unpaired) electrons. The van der Waals surface area contributed by atoms with Gasteiger partial charge >= 0.3 is 5.97 Å². The molecule has 1 unspecified atom stereocenters. The van der Waals surface area contributed by atoms with E-state index in [1.54, 1.807) is 26.0 Å². The van der Waals surface area contributed by atoms with E-state index in [4.69, 9.17) is 21.1 Å². The van der Waals surface area contributed by atoms with Crippen LogP contribution >= 0.6 is 11.6 Å². The van der Waals surface area contributed by atoms with Crippen molar-refractivity contribution in [2.45, 2.75) is 39.7 Å². The number of rotatable bonds is 5. The second-order valence-electron chi connectivity index (χ2n) is 4.33. The highest BCUT2D eigenvalue weighted by atomic mass is 35.5. The predicted octanol–water partition coefficient (Wildman–Crippen LogP) is 3.79. The van der Waals surface area contributed by atoms with Gasteiger partial charge in [-0.25, -0.2) is 0 Å². The standard InChI is InChI=1S/C14H19ClO3/c1-5-17-14(16)10(4)11-6-7-13(12(15)8-11)18-9(2)3/h6-10H,5H2,1-4H3. The fraction of sp³-hybridized carbons (Fsp3) is 0.500. The van der Waals surface area contributed by atoms with Gasteiger partial charge in [-0.05, 0) is 45.4 Å². The molecule has 0 amide bonds. The van der Waals surface area contributed by atoms with Gasteiger partial charge in [-0.2, -0.15) is 0 Å². The van der Waals surface area contributed by atoms with Gasteiger partial charge in [-0.15, -0.1) is 0 Å². The lowest BCUT2D eigenvalue weighted by atomic mass is 10.0. The van der Waals surface area contributed by atoms with E-state index < -0.39 is 0 Å². The van der Waals surface area contributed by atoms with Crippen molar-refractivity contribution in [2.75, 3.05) is 6.61 Å². The summed E-state index contributed by atoms with van der Waals surface area (Å²) in [5.74, 6) is 0.0631. The van der Waals surface area contributed by atoms with Crippen molar-refractivity contribution >= 4 is 17.6 Å². The summed E-state index contributed by atoms with van der Waals surface area (Å²) in [5.41, 5.74) is 0.828. The summed E-state index contributed by atoms with van der Waals surface area (Å²) in [7, 11) is 0. The zero-order valence-electron chi connectivity index (χ0n) is 11.2. The van der Waals surface area contributed by atoms with Crippen LogP contribution in [0.4, 0.5) is 0 Å². The quantitative estimate of drug-likeness (QED) is 0.764. The third kappa shape index (κ3) is 3.91. The van der Waals surface area contributed by atoms with Gasteiger partial charge in [0, 0.05) is 0 Å². The van der Waals surface area contributed by atoms with E-state index in [0.717, 1.165) is 5.56 Å². The summed E-state index contributed by atoms with van der Waals surface area (Å²) < 4.78 is 10.5. The fourth-order valence-corrected chi connectivity index (χ4v) is 1.77. The molecule has 0 heterocycles. The normalized spacial score (nSPS) is 12.3. The molecular formula is C14H19ClO3. The number of hydrogen-bond acceptors (Lipinski definition) is 3. The topological polar surface area (TPSA) is 35.5 Å². The summed E-state index contributed by atoms with van der Waals surface area (Å²) in [6.45, 7) is 7.84. The van der Waals surface area contributed by atoms with Gasteiger partial charge in [0.25, 0.3) is 0 Å². The number of hydrogen-bond donors (Lipinski definition) is 0. The molecule has 0 saturated carbocycles. The summed E-state index contributed by atoms with van der Waals surface area (Å²) >= 11 is 6.12. The minimum absolute atomic E-state index is 0.0656. The summed E-state index contributed by atoms with van der Waals surface area (Å²) in [6.07, 6.45) is 0.0656. The second kappa shape index (κ2) is 6.64. The molecule has 0 aliphatic carbocycles. The molecule has 0 aliphatic rings. The summed E-state index contributed by atoms with van der Waals surface area (Å²) in [6, 6.07) is 5.37. The minimum Gasteiger partial charge on any atom is -0.489 e. The molecule has 1 rings (SSSR count). The van der Waals surface area contributed by atoms with Gasteiger partial charge in [0.05, 0.1) is 23.7 Å². The maximum atomic E-state index is 11.6. The lowest BCUT2D eigenvalue weighted by Crippen LogP contribution is -2.13. The van der Waals surface area contributed by atoms with E-state index in [1.165, 1.54) is 0 Å². The highest BCUT2D eigenvalue weighted by molar-refractivity contribution is 6.32. The minimum atomic E-state index is -0.324. The zero-order chi connectivity index (χ0) is 13.7. The SMILES string of the molecule is CCOC(=O)C(C)c1ccc(OC(C)C)c(Cl)c1. The van der Waals surface area contributed by atoms with Crippen LogP contribution in [0.15, 0.2) is 18.2 Å². The van der Waals surface area contributed by atoms with E-state index in [1.807, 2.05) is 19.9 Å². The first kappa shape index (κ1) is 14.8. The lowest BCUT2D eigenvalue weighted by molar-refractivity contribution is -0.144. The van der Waals surface area contributed by atoms with Crippen molar-refractivity contribution in [3.63, 3.8) is 0 Å². The molecule has 1 aromatic rings. The van der Waals surface area contributed by atoms with Crippen molar-refractivity contribution < 1.29 is 14.3 Å². The molecule has 0 aliphatic heterocycles. The van der Waals surface area contributed by atoms with Gasteiger partial charge in [0.2, 0.25) is 0 Å². The van der Waals surface area contributed by atoms with Crippen LogP contribution in [0, 0.1) is 0 Å². The number of halogens is 1. The molecule has 3 nitrogen and oxygen atoms in total. The van der Waals surface area contributed by atoms with Crippen molar-refractivity contribution in [1.82, 2.24) is 0 Å². The van der Waals surface area contributed by atoms with E-state index in [9.17, 15) is 4.79 Å². The fourth-order valence-electron chi connectivity index (χ4n) is 1.54. The van der Waals surface area contributed by atoms with Crippen LogP contribution in [0.5, 0.6) is 5.75 Å². The van der Waals surface area contributed by atoms with Crippen LogP contribution < -0.4 is 4.74 Å². The van der Waals surface area contributed by atoms with E-state index in [2.05, 4.69) is 0 Å². The number of esters is 1. The molecule has 1 atom stereocenters. The first-order valence-corrected chi connectivity index (χ1v) is 6.46. The monoisotopic (exact) mass is 270 g/mol. The van der Waals surface area contributed by atoms with E-state index in [0.29, 0.717) is 17.4 Å². The Labute approximate surface area is 113 Å². The maximum Gasteiger partial charge on any atom is 0.313 e. The van der Waals surface area contributed by atoms with E-state index in [-0.39, 0.29) is 18.0 Å². The Kier molecular flexibility index (Phi) is 5.48. The van der Waals surface area contributed by atoms with Gasteiger partial charge in [0.15, 0.2) is 0 Å². The van der Waals surface area contributed by atoms with Crippen LogP contribution in [0.25, 0.3) is 0 Å². The number of benzene rings is 1. The van der Waals surface area contributed by atoms with Crippen LogP contribution in [0.1, 0.15) is 39.2 Å². The van der Waals surface area contributed by atoms with Crippen LogP contribution in [-0.4, -0.2) is 18.7 Å². The van der Waals surface area contributed by atoms with Gasteiger partial charge in [-0.1, -0.05) is 17.7 Å². The summed E-state index contributed by atoms with van der Waals surface area (Å²) in [4.78, 5) is 11.6. The molecule has 0 aromatic heterocycles. The lowest BCUT2D eigenvalue weighted by Gasteiger charge is -2.14. The molecule has 18 heavy (non-hydrogen) atoms. The number of ether oxygens (including phenoxy) is 2. The summed E-state index contributed by atoms with van der Waals surface area (Å²) in [5, 5.41) is 0.511. The van der Waals surface area contributed by atoms with Crippen LogP contribution in [0.3, 0.4) is 0 Å². The Morgan fingerprint density at radius 1 is 1.33 bits per heavy atom. The molecule has 0 spiro atoms. The molecular weight excluding hydrogens is 252 g/mol. The van der Waals surface area contributed by atoms with Gasteiger partial charge in [0.1, 0.15) is 5.75 Å². The van der Waals surface area contributed by atoms with Crippen molar-refractivity contribution in [3.8, 4) is 5.75 Å². The van der Waals surface area contributed by atoms with Crippen LogP contribution in [0.2, 0.25) is 5.02 Å². The van der Waals surface area contributed by atoms with Crippen molar-refractivity contribution in [3.05, 3.63) is 28.8 Å². The highest BCUT2D eigenvalue weighted by Crippen LogP contribution is 2.29.